The lowest BCUT2D eigenvalue weighted by molar-refractivity contribution is 0.128. The molecule has 2 aromatic rings. The summed E-state index contributed by atoms with van der Waals surface area (Å²) in [5, 5.41) is 65.1. The average Bonchev–Trinajstić information content (AvgIpc) is 2.93. The normalized spacial score (nSPS) is 16.5. The van der Waals surface area contributed by atoms with Gasteiger partial charge in [0.25, 0.3) is 0 Å². The first-order valence-corrected chi connectivity index (χ1v) is 13.5. The number of nitrogens with zero attached hydrogens (tertiary/aromatic N) is 2. The first kappa shape index (κ1) is 30.3. The van der Waals surface area contributed by atoms with Crippen molar-refractivity contribution in [3.63, 3.8) is 0 Å². The summed E-state index contributed by atoms with van der Waals surface area (Å²) in [7, 11) is 0. The molecule has 38 heavy (non-hydrogen) atoms. The third kappa shape index (κ3) is 9.48. The van der Waals surface area contributed by atoms with Gasteiger partial charge in [-0.1, -0.05) is 12.1 Å². The molecule has 0 saturated carbocycles. The molecule has 0 spiro atoms. The molecule has 0 bridgehead atoms. The van der Waals surface area contributed by atoms with Crippen LogP contribution < -0.4 is 10.6 Å². The molecule has 10 heteroatoms. The van der Waals surface area contributed by atoms with E-state index in [4.69, 9.17) is 0 Å². The van der Waals surface area contributed by atoms with Crippen molar-refractivity contribution in [2.75, 3.05) is 65.4 Å². The molecule has 1 heterocycles. The molecule has 0 amide bonds. The molecule has 1 aliphatic heterocycles. The molecule has 2 aromatic carbocycles. The van der Waals surface area contributed by atoms with Crippen LogP contribution in [-0.2, 0) is 13.2 Å². The molecule has 1 aliphatic rings. The molecule has 1 saturated heterocycles. The lowest BCUT2D eigenvalue weighted by Gasteiger charge is -2.34. The predicted octanol–water partition coefficient (Wildman–Crippen LogP) is 0.426. The van der Waals surface area contributed by atoms with E-state index in [2.05, 4.69) is 20.4 Å². The zero-order chi connectivity index (χ0) is 27.3. The third-order valence-electron chi connectivity index (χ3n) is 7.11. The Hall–Kier alpha value is -2.28. The summed E-state index contributed by atoms with van der Waals surface area (Å²) in [5.74, 6) is 0.0713. The van der Waals surface area contributed by atoms with Crippen molar-refractivity contribution >= 4 is 0 Å². The van der Waals surface area contributed by atoms with Crippen molar-refractivity contribution < 1.29 is 30.6 Å². The molecule has 3 rings (SSSR count). The third-order valence-corrected chi connectivity index (χ3v) is 7.11. The minimum Gasteiger partial charge on any atom is -0.508 e. The van der Waals surface area contributed by atoms with Gasteiger partial charge in [-0.2, -0.15) is 0 Å². The number of aromatic hydroxyl groups is 2. The van der Waals surface area contributed by atoms with Gasteiger partial charge in [0.05, 0.1) is 25.4 Å². The maximum Gasteiger partial charge on any atom is 0.121 e. The van der Waals surface area contributed by atoms with Crippen LogP contribution in [0.5, 0.6) is 11.5 Å². The summed E-state index contributed by atoms with van der Waals surface area (Å²) < 4.78 is 0. The molecule has 2 unspecified atom stereocenters. The van der Waals surface area contributed by atoms with E-state index in [-0.39, 0.29) is 24.7 Å². The minimum atomic E-state index is -0.686. The second-order valence-electron chi connectivity index (χ2n) is 9.92. The standard InChI is InChI=1S/C28H44N4O6/c33-19-23-15-21(3-5-25(23)35)27(37)17-29-7-1-9-31-11-13-32(14-12-31)10-2-8-30-18-28(38)22-4-6-26(36)24(16-22)20-34/h3-6,15-16,27-30,33-38H,1-2,7-14,17-20H2. The lowest BCUT2D eigenvalue weighted by Crippen LogP contribution is -2.47. The molecule has 212 valence electrons. The Morgan fingerprint density at radius 3 is 1.42 bits per heavy atom. The van der Waals surface area contributed by atoms with Crippen LogP contribution in [-0.4, -0.2) is 106 Å². The van der Waals surface area contributed by atoms with Gasteiger partial charge in [0.1, 0.15) is 11.5 Å². The maximum atomic E-state index is 10.3. The lowest BCUT2D eigenvalue weighted by atomic mass is 10.1. The monoisotopic (exact) mass is 532 g/mol. The summed E-state index contributed by atoms with van der Waals surface area (Å²) in [4.78, 5) is 4.93. The van der Waals surface area contributed by atoms with Crippen molar-refractivity contribution in [2.45, 2.75) is 38.3 Å². The Bertz CT molecular complexity index is 893. The highest BCUT2D eigenvalue weighted by atomic mass is 16.3. The number of rotatable bonds is 16. The van der Waals surface area contributed by atoms with Crippen LogP contribution >= 0.6 is 0 Å². The number of aliphatic hydroxyl groups is 4. The molecular formula is C28H44N4O6. The van der Waals surface area contributed by atoms with Gasteiger partial charge in [-0.25, -0.2) is 0 Å². The zero-order valence-electron chi connectivity index (χ0n) is 22.1. The van der Waals surface area contributed by atoms with E-state index in [1.54, 1.807) is 24.3 Å². The number of phenols is 2. The van der Waals surface area contributed by atoms with E-state index >= 15 is 0 Å². The van der Waals surface area contributed by atoms with Crippen molar-refractivity contribution in [1.82, 2.24) is 20.4 Å². The topological polar surface area (TPSA) is 152 Å². The van der Waals surface area contributed by atoms with Gasteiger partial charge in [0.15, 0.2) is 0 Å². The summed E-state index contributed by atoms with van der Waals surface area (Å²) >= 11 is 0. The van der Waals surface area contributed by atoms with E-state index in [1.807, 2.05) is 0 Å². The van der Waals surface area contributed by atoms with Gasteiger partial charge in [0.2, 0.25) is 0 Å². The van der Waals surface area contributed by atoms with E-state index in [9.17, 15) is 30.6 Å². The number of hydrogen-bond acceptors (Lipinski definition) is 10. The smallest absolute Gasteiger partial charge is 0.121 e. The minimum absolute atomic E-state index is 0.0356. The Morgan fingerprint density at radius 1 is 0.658 bits per heavy atom. The predicted molar refractivity (Wildman–Crippen MR) is 146 cm³/mol. The SMILES string of the molecule is OCc1cc(C(O)CNCCCN2CCN(CCCNCC(O)c3ccc(O)c(CO)c3)CC2)ccc1O. The number of piperazine rings is 1. The van der Waals surface area contributed by atoms with Crippen LogP contribution in [0.15, 0.2) is 36.4 Å². The van der Waals surface area contributed by atoms with Crippen molar-refractivity contribution in [1.29, 1.82) is 0 Å². The Balaban J connectivity index is 1.20. The van der Waals surface area contributed by atoms with E-state index in [0.717, 1.165) is 65.2 Å². The molecular weight excluding hydrogens is 488 g/mol. The quantitative estimate of drug-likeness (QED) is 0.143. The number of aliphatic hydroxyl groups excluding tert-OH is 4. The van der Waals surface area contributed by atoms with Gasteiger partial charge >= 0.3 is 0 Å². The van der Waals surface area contributed by atoms with Gasteiger partial charge in [-0.05, 0) is 74.4 Å². The van der Waals surface area contributed by atoms with Crippen LogP contribution in [0.25, 0.3) is 0 Å². The molecule has 0 aromatic heterocycles. The average molecular weight is 533 g/mol. The number of nitrogens with one attached hydrogen (secondary N) is 2. The molecule has 8 N–H and O–H groups in total. The summed E-state index contributed by atoms with van der Waals surface area (Å²) in [5.41, 5.74) is 2.19. The van der Waals surface area contributed by atoms with E-state index in [0.29, 0.717) is 35.3 Å². The van der Waals surface area contributed by atoms with Crippen molar-refractivity contribution in [2.24, 2.45) is 0 Å². The van der Waals surface area contributed by atoms with Crippen molar-refractivity contribution in [3.8, 4) is 11.5 Å². The Labute approximate surface area is 225 Å². The van der Waals surface area contributed by atoms with Gasteiger partial charge < -0.3 is 51.1 Å². The molecule has 10 nitrogen and oxygen atoms in total. The highest BCUT2D eigenvalue weighted by Gasteiger charge is 2.16. The van der Waals surface area contributed by atoms with E-state index in [1.165, 1.54) is 12.1 Å². The maximum absolute atomic E-state index is 10.3. The highest BCUT2D eigenvalue weighted by molar-refractivity contribution is 5.37. The zero-order valence-corrected chi connectivity index (χ0v) is 22.1. The largest absolute Gasteiger partial charge is 0.508 e. The Morgan fingerprint density at radius 2 is 1.05 bits per heavy atom. The first-order chi connectivity index (χ1) is 18.4. The van der Waals surface area contributed by atoms with Gasteiger partial charge in [-0.3, -0.25) is 0 Å². The van der Waals surface area contributed by atoms with Crippen LogP contribution in [0.3, 0.4) is 0 Å². The van der Waals surface area contributed by atoms with Crippen LogP contribution in [0.2, 0.25) is 0 Å². The van der Waals surface area contributed by atoms with Crippen LogP contribution in [0.1, 0.15) is 47.3 Å². The summed E-state index contributed by atoms with van der Waals surface area (Å²) in [6.45, 7) is 8.14. The second-order valence-corrected chi connectivity index (χ2v) is 9.92. The van der Waals surface area contributed by atoms with Gasteiger partial charge in [-0.15, -0.1) is 0 Å². The molecule has 2 atom stereocenters. The highest BCUT2D eigenvalue weighted by Crippen LogP contribution is 2.23. The number of hydrogen-bond donors (Lipinski definition) is 8. The summed E-state index contributed by atoms with van der Waals surface area (Å²) in [6, 6.07) is 9.61. The van der Waals surface area contributed by atoms with Crippen LogP contribution in [0, 0.1) is 0 Å². The first-order valence-electron chi connectivity index (χ1n) is 13.5. The Kier molecular flexibility index (Phi) is 12.7. The number of benzene rings is 2. The molecule has 0 radical (unpaired) electrons. The molecule has 0 aliphatic carbocycles. The second kappa shape index (κ2) is 16.0. The van der Waals surface area contributed by atoms with Gasteiger partial charge in [0, 0.05) is 50.4 Å². The fourth-order valence-corrected chi connectivity index (χ4v) is 4.68. The van der Waals surface area contributed by atoms with E-state index < -0.39 is 12.2 Å². The fourth-order valence-electron chi connectivity index (χ4n) is 4.68. The van der Waals surface area contributed by atoms with Crippen LogP contribution in [0.4, 0.5) is 0 Å². The molecule has 1 fully saturated rings. The fraction of sp³-hybridized carbons (Fsp3) is 0.571. The summed E-state index contributed by atoms with van der Waals surface area (Å²) in [6.07, 6.45) is 0.623. The van der Waals surface area contributed by atoms with Crippen molar-refractivity contribution in [3.05, 3.63) is 58.7 Å².